The Kier molecular flexibility index (Phi) is 4.69. The quantitative estimate of drug-likeness (QED) is 0.634. The lowest BCUT2D eigenvalue weighted by atomic mass is 9.58. The van der Waals surface area contributed by atoms with Gasteiger partial charge in [0.2, 0.25) is 0 Å². The summed E-state index contributed by atoms with van der Waals surface area (Å²) in [6.45, 7) is 5.80. The molecule has 0 aromatic heterocycles. The van der Waals surface area contributed by atoms with Crippen molar-refractivity contribution in [3.8, 4) is 0 Å². The van der Waals surface area contributed by atoms with E-state index in [1.54, 1.807) is 6.08 Å². The summed E-state index contributed by atoms with van der Waals surface area (Å²) in [5, 5.41) is 0. The third-order valence-corrected chi connectivity index (χ3v) is 4.69. The number of hydrogen-bond acceptors (Lipinski definition) is 4. The Morgan fingerprint density at radius 3 is 2.50 bits per heavy atom. The molecule has 0 radical (unpaired) electrons. The summed E-state index contributed by atoms with van der Waals surface area (Å²) in [6.07, 6.45) is 2.85. The Bertz CT molecular complexity index is 593. The van der Waals surface area contributed by atoms with E-state index in [1.165, 1.54) is 14.2 Å². The molecule has 0 saturated carbocycles. The van der Waals surface area contributed by atoms with E-state index in [-0.39, 0.29) is 11.9 Å². The fourth-order valence-electron chi connectivity index (χ4n) is 3.68. The fourth-order valence-corrected chi connectivity index (χ4v) is 3.68. The van der Waals surface area contributed by atoms with Gasteiger partial charge in [-0.15, -0.1) is 6.58 Å². The van der Waals surface area contributed by atoms with Gasteiger partial charge in [0.15, 0.2) is 0 Å². The number of esters is 2. The van der Waals surface area contributed by atoms with Crippen LogP contribution in [-0.2, 0) is 30.9 Å². The molecule has 0 saturated heterocycles. The smallest absolute Gasteiger partial charge is 0.310 e. The molecule has 0 aliphatic heterocycles. The Morgan fingerprint density at radius 2 is 1.91 bits per heavy atom. The molecule has 1 aliphatic carbocycles. The Morgan fingerprint density at radius 1 is 1.27 bits per heavy atom. The minimum atomic E-state index is -0.585. The first-order valence-electron chi connectivity index (χ1n) is 7.34. The molecule has 1 aliphatic rings. The zero-order valence-corrected chi connectivity index (χ0v) is 13.3. The van der Waals surface area contributed by atoms with Crippen LogP contribution < -0.4 is 0 Å². The van der Waals surface area contributed by atoms with Gasteiger partial charge in [-0.25, -0.2) is 0 Å². The summed E-state index contributed by atoms with van der Waals surface area (Å²) in [4.78, 5) is 24.7. The van der Waals surface area contributed by atoms with Crippen LogP contribution in [0, 0.1) is 11.8 Å². The SMILES string of the molecule is C=CC[C@]1(C)c2ccccc2C[C@H](C(=O)OC)[C@H]1C(=O)OC. The molecule has 0 fully saturated rings. The number of benzene rings is 1. The van der Waals surface area contributed by atoms with Crippen LogP contribution in [0.4, 0.5) is 0 Å². The molecule has 2 rings (SSSR count). The van der Waals surface area contributed by atoms with Crippen molar-refractivity contribution in [2.75, 3.05) is 14.2 Å². The maximum absolute atomic E-state index is 12.4. The molecule has 0 bridgehead atoms. The van der Waals surface area contributed by atoms with E-state index in [1.807, 2.05) is 31.2 Å². The summed E-state index contributed by atoms with van der Waals surface area (Å²) in [7, 11) is 2.70. The second-order valence-corrected chi connectivity index (χ2v) is 5.90. The van der Waals surface area contributed by atoms with Crippen molar-refractivity contribution >= 4 is 11.9 Å². The molecule has 0 heterocycles. The number of carbonyl (C=O) groups is 2. The zero-order valence-electron chi connectivity index (χ0n) is 13.3. The minimum absolute atomic E-state index is 0.375. The maximum atomic E-state index is 12.4. The molecular weight excluding hydrogens is 280 g/mol. The van der Waals surface area contributed by atoms with Crippen molar-refractivity contribution in [2.24, 2.45) is 11.8 Å². The second kappa shape index (κ2) is 6.34. The summed E-state index contributed by atoms with van der Waals surface area (Å²) in [5.74, 6) is -1.88. The lowest BCUT2D eigenvalue weighted by Gasteiger charge is -2.44. The molecule has 0 unspecified atom stereocenters. The number of methoxy groups -OCH3 is 2. The first-order valence-corrected chi connectivity index (χ1v) is 7.34. The summed E-state index contributed by atoms with van der Waals surface area (Å²) in [6, 6.07) is 7.91. The highest BCUT2D eigenvalue weighted by Gasteiger charge is 2.52. The van der Waals surface area contributed by atoms with Gasteiger partial charge in [0.25, 0.3) is 0 Å². The summed E-state index contributed by atoms with van der Waals surface area (Å²) in [5.41, 5.74) is 1.61. The maximum Gasteiger partial charge on any atom is 0.310 e. The van der Waals surface area contributed by atoms with Gasteiger partial charge in [-0.1, -0.05) is 37.3 Å². The molecular formula is C18H22O4. The number of fused-ring (bicyclic) bond motifs is 1. The highest BCUT2D eigenvalue weighted by atomic mass is 16.5. The van der Waals surface area contributed by atoms with E-state index in [0.717, 1.165) is 11.1 Å². The average Bonchev–Trinajstić information content (AvgIpc) is 2.53. The van der Waals surface area contributed by atoms with Gasteiger partial charge in [0, 0.05) is 5.41 Å². The van der Waals surface area contributed by atoms with Gasteiger partial charge in [-0.3, -0.25) is 9.59 Å². The van der Waals surface area contributed by atoms with E-state index < -0.39 is 17.3 Å². The molecule has 4 heteroatoms. The summed E-state index contributed by atoms with van der Waals surface area (Å²) >= 11 is 0. The first kappa shape index (κ1) is 16.3. The van der Waals surface area contributed by atoms with Gasteiger partial charge >= 0.3 is 11.9 Å². The Labute approximate surface area is 131 Å². The topological polar surface area (TPSA) is 52.6 Å². The number of hydrogen-bond donors (Lipinski definition) is 0. The number of rotatable bonds is 4. The minimum Gasteiger partial charge on any atom is -0.469 e. The predicted molar refractivity (Wildman–Crippen MR) is 83.3 cm³/mol. The van der Waals surface area contributed by atoms with Crippen molar-refractivity contribution in [3.05, 3.63) is 48.0 Å². The van der Waals surface area contributed by atoms with E-state index >= 15 is 0 Å². The van der Waals surface area contributed by atoms with E-state index in [2.05, 4.69) is 6.58 Å². The molecule has 4 nitrogen and oxygen atoms in total. The molecule has 0 amide bonds. The highest BCUT2D eigenvalue weighted by Crippen LogP contribution is 2.47. The monoisotopic (exact) mass is 302 g/mol. The molecule has 118 valence electrons. The molecule has 1 aromatic rings. The van der Waals surface area contributed by atoms with Crippen molar-refractivity contribution < 1.29 is 19.1 Å². The van der Waals surface area contributed by atoms with Crippen LogP contribution in [0.15, 0.2) is 36.9 Å². The van der Waals surface area contributed by atoms with Crippen LogP contribution in [-0.4, -0.2) is 26.2 Å². The molecule has 22 heavy (non-hydrogen) atoms. The van der Waals surface area contributed by atoms with E-state index in [9.17, 15) is 9.59 Å². The Balaban J connectivity index is 2.64. The van der Waals surface area contributed by atoms with Gasteiger partial charge < -0.3 is 9.47 Å². The van der Waals surface area contributed by atoms with Gasteiger partial charge in [-0.05, 0) is 24.0 Å². The zero-order chi connectivity index (χ0) is 16.3. The lowest BCUT2D eigenvalue weighted by Crippen LogP contribution is -2.49. The second-order valence-electron chi connectivity index (χ2n) is 5.90. The number of carbonyl (C=O) groups excluding carboxylic acids is 2. The van der Waals surface area contributed by atoms with Crippen LogP contribution >= 0.6 is 0 Å². The van der Waals surface area contributed by atoms with Gasteiger partial charge in [0.05, 0.1) is 26.1 Å². The van der Waals surface area contributed by atoms with Crippen molar-refractivity contribution in [1.29, 1.82) is 0 Å². The van der Waals surface area contributed by atoms with Crippen molar-refractivity contribution in [1.82, 2.24) is 0 Å². The third-order valence-electron chi connectivity index (χ3n) is 4.69. The standard InChI is InChI=1S/C18H22O4/c1-5-10-18(2)14-9-7-6-8-12(14)11-13(16(19)21-3)15(18)17(20)22-4/h5-9,13,15H,1,10-11H2,2-4H3/t13-,15-,18+/m0/s1. The molecule has 0 N–H and O–H groups in total. The van der Waals surface area contributed by atoms with E-state index in [0.29, 0.717) is 12.8 Å². The fraction of sp³-hybridized carbons (Fsp3) is 0.444. The van der Waals surface area contributed by atoms with Crippen LogP contribution in [0.25, 0.3) is 0 Å². The highest BCUT2D eigenvalue weighted by molar-refractivity contribution is 5.84. The van der Waals surface area contributed by atoms with Crippen LogP contribution in [0.1, 0.15) is 24.5 Å². The third kappa shape index (κ3) is 2.54. The van der Waals surface area contributed by atoms with Crippen molar-refractivity contribution in [3.63, 3.8) is 0 Å². The van der Waals surface area contributed by atoms with Gasteiger partial charge in [0.1, 0.15) is 0 Å². The van der Waals surface area contributed by atoms with E-state index in [4.69, 9.17) is 9.47 Å². The van der Waals surface area contributed by atoms with Crippen LogP contribution in [0.2, 0.25) is 0 Å². The Hall–Kier alpha value is -2.10. The van der Waals surface area contributed by atoms with Crippen molar-refractivity contribution in [2.45, 2.75) is 25.2 Å². The predicted octanol–water partition coefficient (Wildman–Crippen LogP) is 2.65. The average molecular weight is 302 g/mol. The summed E-state index contributed by atoms with van der Waals surface area (Å²) < 4.78 is 9.92. The largest absolute Gasteiger partial charge is 0.469 e. The number of allylic oxidation sites excluding steroid dienone is 1. The molecule has 0 spiro atoms. The van der Waals surface area contributed by atoms with Crippen LogP contribution in [0.5, 0.6) is 0 Å². The molecule has 1 aromatic carbocycles. The molecule has 3 atom stereocenters. The number of ether oxygens (including phenoxy) is 2. The normalized spacial score (nSPS) is 26.7. The van der Waals surface area contributed by atoms with Crippen LogP contribution in [0.3, 0.4) is 0 Å². The lowest BCUT2D eigenvalue weighted by molar-refractivity contribution is -0.161. The van der Waals surface area contributed by atoms with Gasteiger partial charge in [-0.2, -0.15) is 0 Å². The first-order chi connectivity index (χ1) is 10.5.